The number of likely N-dealkylation sites (tertiary alicyclic amines) is 1. The van der Waals surface area contributed by atoms with E-state index in [1.807, 2.05) is 35.2 Å². The van der Waals surface area contributed by atoms with Crippen molar-refractivity contribution in [3.63, 3.8) is 0 Å². The number of benzene rings is 1. The summed E-state index contributed by atoms with van der Waals surface area (Å²) in [7, 11) is 4.21. The van der Waals surface area contributed by atoms with Crippen LogP contribution in [0.25, 0.3) is 0 Å². The smallest absolute Gasteiger partial charge is 0.260 e. The Labute approximate surface area is 144 Å². The van der Waals surface area contributed by atoms with E-state index < -0.39 is 0 Å². The fourth-order valence-electron chi connectivity index (χ4n) is 4.01. The SMILES string of the molecule is CN(C)CC1CN(C(=O)COc2ccccc2)CC12CCOCC2. The van der Waals surface area contributed by atoms with Gasteiger partial charge in [0.1, 0.15) is 5.75 Å². The second-order valence-electron chi connectivity index (χ2n) is 7.31. The van der Waals surface area contributed by atoms with Gasteiger partial charge in [-0.15, -0.1) is 0 Å². The number of carbonyl (C=O) groups excluding carboxylic acids is 1. The largest absolute Gasteiger partial charge is 0.484 e. The number of amides is 1. The Kier molecular flexibility index (Phi) is 5.41. The third kappa shape index (κ3) is 3.90. The zero-order chi connectivity index (χ0) is 17.0. The van der Waals surface area contributed by atoms with Gasteiger partial charge < -0.3 is 19.3 Å². The standard InChI is InChI=1S/C19H28N2O3/c1-20(2)12-16-13-21(15-19(16)8-10-23-11-9-19)18(22)14-24-17-6-4-3-5-7-17/h3-7,16H,8-15H2,1-2H3. The fraction of sp³-hybridized carbons (Fsp3) is 0.632. The molecule has 0 aromatic heterocycles. The maximum Gasteiger partial charge on any atom is 0.260 e. The summed E-state index contributed by atoms with van der Waals surface area (Å²) >= 11 is 0. The van der Waals surface area contributed by atoms with E-state index in [4.69, 9.17) is 9.47 Å². The molecule has 5 nitrogen and oxygen atoms in total. The molecule has 1 aromatic rings. The summed E-state index contributed by atoms with van der Waals surface area (Å²) in [5.74, 6) is 1.35. The van der Waals surface area contributed by atoms with Gasteiger partial charge in [0.25, 0.3) is 5.91 Å². The molecule has 2 aliphatic heterocycles. The molecule has 2 heterocycles. The molecule has 1 aromatic carbocycles. The van der Waals surface area contributed by atoms with Crippen LogP contribution < -0.4 is 4.74 Å². The van der Waals surface area contributed by atoms with Crippen molar-refractivity contribution in [3.8, 4) is 5.75 Å². The molecule has 0 radical (unpaired) electrons. The number of rotatable bonds is 5. The van der Waals surface area contributed by atoms with Crippen molar-refractivity contribution in [1.82, 2.24) is 9.80 Å². The third-order valence-electron chi connectivity index (χ3n) is 5.34. The molecule has 1 atom stereocenters. The minimum Gasteiger partial charge on any atom is -0.484 e. The molecule has 2 aliphatic rings. The van der Waals surface area contributed by atoms with Crippen LogP contribution in [0, 0.1) is 11.3 Å². The average molecular weight is 332 g/mol. The van der Waals surface area contributed by atoms with Crippen LogP contribution in [0.5, 0.6) is 5.75 Å². The van der Waals surface area contributed by atoms with E-state index in [2.05, 4.69) is 19.0 Å². The van der Waals surface area contributed by atoms with Crippen molar-refractivity contribution in [1.29, 1.82) is 0 Å². The highest BCUT2D eigenvalue weighted by atomic mass is 16.5. The molecule has 1 amide bonds. The van der Waals surface area contributed by atoms with E-state index in [1.165, 1.54) is 0 Å². The van der Waals surface area contributed by atoms with Gasteiger partial charge in [-0.25, -0.2) is 0 Å². The molecule has 0 saturated carbocycles. The molecule has 0 aliphatic carbocycles. The molecular formula is C19H28N2O3. The molecule has 0 N–H and O–H groups in total. The van der Waals surface area contributed by atoms with Crippen LogP contribution in [-0.2, 0) is 9.53 Å². The normalized spacial score (nSPS) is 23.0. The van der Waals surface area contributed by atoms with E-state index in [0.29, 0.717) is 5.92 Å². The summed E-state index contributed by atoms with van der Waals surface area (Å²) in [6.45, 7) is 4.43. The van der Waals surface area contributed by atoms with Crippen LogP contribution in [0.15, 0.2) is 30.3 Å². The van der Waals surface area contributed by atoms with Gasteiger partial charge in [0.2, 0.25) is 0 Å². The van der Waals surface area contributed by atoms with Gasteiger partial charge in [-0.1, -0.05) is 18.2 Å². The Morgan fingerprint density at radius 2 is 2.00 bits per heavy atom. The highest BCUT2D eigenvalue weighted by Gasteiger charge is 2.48. The lowest BCUT2D eigenvalue weighted by atomic mass is 9.72. The highest BCUT2D eigenvalue weighted by Crippen LogP contribution is 2.44. The van der Waals surface area contributed by atoms with Gasteiger partial charge in [-0.3, -0.25) is 4.79 Å². The van der Waals surface area contributed by atoms with Gasteiger partial charge in [0.15, 0.2) is 6.61 Å². The Balaban J connectivity index is 1.62. The topological polar surface area (TPSA) is 42.0 Å². The third-order valence-corrected chi connectivity index (χ3v) is 5.34. The predicted octanol–water partition coefficient (Wildman–Crippen LogP) is 1.88. The molecule has 132 valence electrons. The first-order valence-corrected chi connectivity index (χ1v) is 8.77. The maximum absolute atomic E-state index is 12.6. The highest BCUT2D eigenvalue weighted by molar-refractivity contribution is 5.78. The lowest BCUT2D eigenvalue weighted by Crippen LogP contribution is -2.41. The maximum atomic E-state index is 12.6. The van der Waals surface area contributed by atoms with Crippen molar-refractivity contribution < 1.29 is 14.3 Å². The number of nitrogens with zero attached hydrogens (tertiary/aromatic N) is 2. The first-order valence-electron chi connectivity index (χ1n) is 8.77. The van der Waals surface area contributed by atoms with E-state index in [0.717, 1.165) is 51.4 Å². The van der Waals surface area contributed by atoms with Crippen LogP contribution in [-0.4, -0.2) is 69.3 Å². The quantitative estimate of drug-likeness (QED) is 0.826. The molecule has 2 saturated heterocycles. The van der Waals surface area contributed by atoms with Crippen molar-refractivity contribution in [2.75, 3.05) is 53.6 Å². The summed E-state index contributed by atoms with van der Waals surface area (Å²) in [6, 6.07) is 9.54. The van der Waals surface area contributed by atoms with E-state index in [9.17, 15) is 4.79 Å². The van der Waals surface area contributed by atoms with Crippen molar-refractivity contribution in [2.45, 2.75) is 12.8 Å². The minimum atomic E-state index is 0.0889. The zero-order valence-electron chi connectivity index (χ0n) is 14.7. The Bertz CT molecular complexity index is 541. The van der Waals surface area contributed by atoms with Crippen molar-refractivity contribution >= 4 is 5.91 Å². The number of ether oxygens (including phenoxy) is 2. The molecule has 0 bridgehead atoms. The monoisotopic (exact) mass is 332 g/mol. The van der Waals surface area contributed by atoms with Crippen LogP contribution in [0.2, 0.25) is 0 Å². The van der Waals surface area contributed by atoms with Gasteiger partial charge in [-0.05, 0) is 50.4 Å². The Morgan fingerprint density at radius 1 is 1.29 bits per heavy atom. The van der Waals surface area contributed by atoms with E-state index >= 15 is 0 Å². The number of carbonyl (C=O) groups is 1. The molecule has 1 unspecified atom stereocenters. The van der Waals surface area contributed by atoms with E-state index in [-0.39, 0.29) is 17.9 Å². The van der Waals surface area contributed by atoms with Crippen LogP contribution in [0.1, 0.15) is 12.8 Å². The van der Waals surface area contributed by atoms with Crippen LogP contribution in [0.3, 0.4) is 0 Å². The zero-order valence-corrected chi connectivity index (χ0v) is 14.7. The summed E-state index contributed by atoms with van der Waals surface area (Å²) in [6.07, 6.45) is 2.10. The molecule has 3 rings (SSSR count). The average Bonchev–Trinajstić information content (AvgIpc) is 2.91. The summed E-state index contributed by atoms with van der Waals surface area (Å²) < 4.78 is 11.2. The molecule has 2 fully saturated rings. The van der Waals surface area contributed by atoms with Crippen LogP contribution in [0.4, 0.5) is 0 Å². The van der Waals surface area contributed by atoms with E-state index in [1.54, 1.807) is 0 Å². The predicted molar refractivity (Wildman–Crippen MR) is 93.0 cm³/mol. The Morgan fingerprint density at radius 3 is 2.67 bits per heavy atom. The first kappa shape index (κ1) is 17.2. The number of para-hydroxylation sites is 1. The Hall–Kier alpha value is -1.59. The van der Waals surface area contributed by atoms with Crippen molar-refractivity contribution in [2.24, 2.45) is 11.3 Å². The number of hydrogen-bond acceptors (Lipinski definition) is 4. The fourth-order valence-corrected chi connectivity index (χ4v) is 4.01. The molecule has 1 spiro atoms. The van der Waals surface area contributed by atoms with Gasteiger partial charge in [0.05, 0.1) is 0 Å². The second kappa shape index (κ2) is 7.53. The second-order valence-corrected chi connectivity index (χ2v) is 7.31. The minimum absolute atomic E-state index is 0.0889. The lowest BCUT2D eigenvalue weighted by Gasteiger charge is -2.38. The van der Waals surface area contributed by atoms with Gasteiger partial charge in [-0.2, -0.15) is 0 Å². The molecular weight excluding hydrogens is 304 g/mol. The molecule has 5 heteroatoms. The van der Waals surface area contributed by atoms with Gasteiger partial charge >= 0.3 is 0 Å². The summed E-state index contributed by atoms with van der Waals surface area (Å²) in [5, 5.41) is 0. The first-order chi connectivity index (χ1) is 11.6. The summed E-state index contributed by atoms with van der Waals surface area (Å²) in [4.78, 5) is 16.9. The lowest BCUT2D eigenvalue weighted by molar-refractivity contribution is -0.133. The summed E-state index contributed by atoms with van der Waals surface area (Å²) in [5.41, 5.74) is 0.213. The van der Waals surface area contributed by atoms with Gasteiger partial charge in [0, 0.05) is 32.8 Å². The van der Waals surface area contributed by atoms with Crippen LogP contribution >= 0.6 is 0 Å². The molecule has 24 heavy (non-hydrogen) atoms. The van der Waals surface area contributed by atoms with Crippen molar-refractivity contribution in [3.05, 3.63) is 30.3 Å². The number of hydrogen-bond donors (Lipinski definition) is 0.